The fraction of sp³-hybridized carbons (Fsp3) is 0.250. The molecule has 0 aromatic heterocycles. The third-order valence-electron chi connectivity index (χ3n) is 3.06. The maximum absolute atomic E-state index is 12.8. The van der Waals surface area contributed by atoms with E-state index in [-0.39, 0.29) is 11.9 Å². The van der Waals surface area contributed by atoms with Crippen LogP contribution in [0.2, 0.25) is 5.02 Å². The van der Waals surface area contributed by atoms with Gasteiger partial charge >= 0.3 is 0 Å². The Labute approximate surface area is 118 Å². The smallest absolute Gasteiger partial charge is 0.123 e. The number of aryl methyl sites for hydroxylation is 1. The maximum Gasteiger partial charge on any atom is 0.123 e. The van der Waals surface area contributed by atoms with Crippen LogP contribution in [0.3, 0.4) is 0 Å². The van der Waals surface area contributed by atoms with E-state index in [2.05, 4.69) is 12.2 Å². The molecule has 2 rings (SSSR count). The molecule has 0 spiro atoms. The summed E-state index contributed by atoms with van der Waals surface area (Å²) in [7, 11) is 0. The first-order valence-corrected chi connectivity index (χ1v) is 6.69. The minimum Gasteiger partial charge on any atom is -0.382 e. The van der Waals surface area contributed by atoms with Crippen LogP contribution in [-0.4, -0.2) is 6.04 Å². The number of hydrogen-bond acceptors (Lipinski definition) is 1. The van der Waals surface area contributed by atoms with Gasteiger partial charge in [-0.3, -0.25) is 0 Å². The van der Waals surface area contributed by atoms with Gasteiger partial charge in [0.05, 0.1) is 0 Å². The molecule has 2 aromatic carbocycles. The van der Waals surface area contributed by atoms with Gasteiger partial charge in [-0.05, 0) is 55.7 Å². The molecule has 0 aliphatic heterocycles. The van der Waals surface area contributed by atoms with Crippen molar-refractivity contribution in [3.05, 3.63) is 64.4 Å². The molecule has 1 atom stereocenters. The van der Waals surface area contributed by atoms with Crippen molar-refractivity contribution in [2.24, 2.45) is 0 Å². The van der Waals surface area contributed by atoms with Gasteiger partial charge in [-0.15, -0.1) is 0 Å². The SMILES string of the molecule is Cc1ccc(Cl)cc1NC(C)Cc1ccc(F)cc1. The lowest BCUT2D eigenvalue weighted by Gasteiger charge is -2.17. The number of rotatable bonds is 4. The summed E-state index contributed by atoms with van der Waals surface area (Å²) < 4.78 is 12.8. The minimum atomic E-state index is -0.199. The van der Waals surface area contributed by atoms with Crippen LogP contribution < -0.4 is 5.32 Å². The zero-order valence-electron chi connectivity index (χ0n) is 11.1. The first-order chi connectivity index (χ1) is 9.04. The fourth-order valence-electron chi connectivity index (χ4n) is 2.04. The molecule has 1 nitrogen and oxygen atoms in total. The summed E-state index contributed by atoms with van der Waals surface area (Å²) in [5, 5.41) is 4.16. The molecular weight excluding hydrogens is 261 g/mol. The van der Waals surface area contributed by atoms with E-state index in [4.69, 9.17) is 11.6 Å². The Morgan fingerprint density at radius 1 is 1.16 bits per heavy atom. The third kappa shape index (κ3) is 3.97. The summed E-state index contributed by atoms with van der Waals surface area (Å²) in [6.45, 7) is 4.15. The molecule has 3 heteroatoms. The van der Waals surface area contributed by atoms with Crippen LogP contribution in [0.5, 0.6) is 0 Å². The van der Waals surface area contributed by atoms with E-state index in [0.29, 0.717) is 0 Å². The van der Waals surface area contributed by atoms with Gasteiger partial charge in [0, 0.05) is 16.8 Å². The topological polar surface area (TPSA) is 12.0 Å². The first-order valence-electron chi connectivity index (χ1n) is 6.32. The lowest BCUT2D eigenvalue weighted by molar-refractivity contribution is 0.626. The summed E-state index contributed by atoms with van der Waals surface area (Å²) >= 11 is 6.00. The average Bonchev–Trinajstić information content (AvgIpc) is 2.37. The number of benzene rings is 2. The van der Waals surface area contributed by atoms with Crippen LogP contribution in [-0.2, 0) is 6.42 Å². The van der Waals surface area contributed by atoms with Gasteiger partial charge in [-0.1, -0.05) is 29.8 Å². The summed E-state index contributed by atoms with van der Waals surface area (Å²) in [6, 6.07) is 12.7. The Hall–Kier alpha value is -1.54. The van der Waals surface area contributed by atoms with Gasteiger partial charge in [-0.2, -0.15) is 0 Å². The minimum absolute atomic E-state index is 0.199. The molecular formula is C16H17ClFN. The van der Waals surface area contributed by atoms with E-state index in [1.807, 2.05) is 37.3 Å². The summed E-state index contributed by atoms with van der Waals surface area (Å²) in [4.78, 5) is 0. The highest BCUT2D eigenvalue weighted by molar-refractivity contribution is 6.30. The average molecular weight is 278 g/mol. The van der Waals surface area contributed by atoms with Crippen molar-refractivity contribution < 1.29 is 4.39 Å². The molecule has 100 valence electrons. The molecule has 1 unspecified atom stereocenters. The van der Waals surface area contributed by atoms with Crippen molar-refractivity contribution in [3.63, 3.8) is 0 Å². The second-order valence-corrected chi connectivity index (χ2v) is 5.27. The van der Waals surface area contributed by atoms with Gasteiger partial charge in [0.15, 0.2) is 0 Å². The van der Waals surface area contributed by atoms with Gasteiger partial charge in [-0.25, -0.2) is 4.39 Å². The van der Waals surface area contributed by atoms with Crippen LogP contribution in [0.25, 0.3) is 0 Å². The van der Waals surface area contributed by atoms with Crippen molar-refractivity contribution in [1.82, 2.24) is 0 Å². The molecule has 0 amide bonds. The van der Waals surface area contributed by atoms with Crippen LogP contribution in [0.4, 0.5) is 10.1 Å². The van der Waals surface area contributed by atoms with Crippen molar-refractivity contribution in [3.8, 4) is 0 Å². The highest BCUT2D eigenvalue weighted by Crippen LogP contribution is 2.21. The zero-order chi connectivity index (χ0) is 13.8. The largest absolute Gasteiger partial charge is 0.382 e. The Morgan fingerprint density at radius 3 is 2.53 bits per heavy atom. The molecule has 0 fully saturated rings. The van der Waals surface area contributed by atoms with Crippen LogP contribution in [0.15, 0.2) is 42.5 Å². The maximum atomic E-state index is 12.8. The van der Waals surface area contributed by atoms with Crippen LogP contribution in [0.1, 0.15) is 18.1 Å². The Kier molecular flexibility index (Phi) is 4.43. The molecule has 0 bridgehead atoms. The third-order valence-corrected chi connectivity index (χ3v) is 3.29. The molecule has 0 aliphatic rings. The molecule has 0 saturated heterocycles. The second-order valence-electron chi connectivity index (χ2n) is 4.84. The standard InChI is InChI=1S/C16H17ClFN/c1-11-3-6-14(17)10-16(11)19-12(2)9-13-4-7-15(18)8-5-13/h3-8,10,12,19H,9H2,1-2H3. The lowest BCUT2D eigenvalue weighted by Crippen LogP contribution is -2.18. The van der Waals surface area contributed by atoms with Gasteiger partial charge in [0.25, 0.3) is 0 Å². The summed E-state index contributed by atoms with van der Waals surface area (Å²) in [5.74, 6) is -0.199. The highest BCUT2D eigenvalue weighted by Gasteiger charge is 2.06. The van der Waals surface area contributed by atoms with Crippen molar-refractivity contribution in [1.29, 1.82) is 0 Å². The van der Waals surface area contributed by atoms with E-state index >= 15 is 0 Å². The summed E-state index contributed by atoms with van der Waals surface area (Å²) in [5.41, 5.74) is 3.32. The molecule has 19 heavy (non-hydrogen) atoms. The second kappa shape index (κ2) is 6.07. The summed E-state index contributed by atoms with van der Waals surface area (Å²) in [6.07, 6.45) is 0.840. The van der Waals surface area contributed by atoms with E-state index in [9.17, 15) is 4.39 Å². The van der Waals surface area contributed by atoms with Gasteiger partial charge in [0.1, 0.15) is 5.82 Å². The molecule has 0 radical (unpaired) electrons. The number of halogens is 2. The fourth-order valence-corrected chi connectivity index (χ4v) is 2.21. The van der Waals surface area contributed by atoms with Gasteiger partial charge in [0.2, 0.25) is 0 Å². The van der Waals surface area contributed by atoms with Crippen molar-refractivity contribution in [2.75, 3.05) is 5.32 Å². The molecule has 1 N–H and O–H groups in total. The molecule has 2 aromatic rings. The van der Waals surface area contributed by atoms with E-state index in [1.54, 1.807) is 0 Å². The van der Waals surface area contributed by atoms with Crippen LogP contribution >= 0.6 is 11.6 Å². The van der Waals surface area contributed by atoms with Crippen molar-refractivity contribution in [2.45, 2.75) is 26.3 Å². The Bertz CT molecular complexity index is 551. The van der Waals surface area contributed by atoms with Gasteiger partial charge < -0.3 is 5.32 Å². The first kappa shape index (κ1) is 13.9. The quantitative estimate of drug-likeness (QED) is 0.844. The molecule has 0 saturated carbocycles. The lowest BCUT2D eigenvalue weighted by atomic mass is 10.1. The van der Waals surface area contributed by atoms with Crippen LogP contribution in [0, 0.1) is 12.7 Å². The molecule has 0 aliphatic carbocycles. The van der Waals surface area contributed by atoms with E-state index in [0.717, 1.165) is 28.3 Å². The van der Waals surface area contributed by atoms with Crippen molar-refractivity contribution >= 4 is 17.3 Å². The van der Waals surface area contributed by atoms with E-state index in [1.165, 1.54) is 12.1 Å². The Balaban J connectivity index is 2.02. The highest BCUT2D eigenvalue weighted by atomic mass is 35.5. The predicted molar refractivity (Wildman–Crippen MR) is 79.4 cm³/mol. The van der Waals surface area contributed by atoms with E-state index < -0.39 is 0 Å². The monoisotopic (exact) mass is 277 g/mol. The Morgan fingerprint density at radius 2 is 1.84 bits per heavy atom. The normalized spacial score (nSPS) is 12.2. The number of nitrogens with one attached hydrogen (secondary N) is 1. The zero-order valence-corrected chi connectivity index (χ0v) is 11.8. The predicted octanol–water partition coefficient (Wildman–Crippen LogP) is 4.83. The molecule has 0 heterocycles. The number of hydrogen-bond donors (Lipinski definition) is 1. The number of anilines is 1.